The summed E-state index contributed by atoms with van der Waals surface area (Å²) in [6.45, 7) is 3.54. The zero-order valence-corrected chi connectivity index (χ0v) is 14.7. The molecule has 0 saturated heterocycles. The van der Waals surface area contributed by atoms with Crippen molar-refractivity contribution in [3.05, 3.63) is 60.2 Å². The van der Waals surface area contributed by atoms with Crippen LogP contribution in [-0.2, 0) is 14.3 Å². The summed E-state index contributed by atoms with van der Waals surface area (Å²) in [6, 6.07) is 17.6. The van der Waals surface area contributed by atoms with E-state index < -0.39 is 12.1 Å². The predicted octanol–water partition coefficient (Wildman–Crippen LogP) is 2.92. The van der Waals surface area contributed by atoms with E-state index in [1.807, 2.05) is 43.3 Å². The molecular formula is C20H20N2O4. The Kier molecular flexibility index (Phi) is 6.75. The van der Waals surface area contributed by atoms with Crippen LogP contribution >= 0.6 is 0 Å². The van der Waals surface area contributed by atoms with Gasteiger partial charge in [-0.2, -0.15) is 5.26 Å². The number of para-hydroxylation sites is 1. The molecule has 2 aromatic carbocycles. The van der Waals surface area contributed by atoms with E-state index in [0.717, 1.165) is 5.69 Å². The van der Waals surface area contributed by atoms with Gasteiger partial charge in [-0.25, -0.2) is 4.79 Å². The van der Waals surface area contributed by atoms with Gasteiger partial charge in [-0.3, -0.25) is 4.79 Å². The minimum Gasteiger partial charge on any atom is -0.482 e. The van der Waals surface area contributed by atoms with Crippen molar-refractivity contribution < 1.29 is 19.1 Å². The highest BCUT2D eigenvalue weighted by Crippen LogP contribution is 2.15. The number of benzene rings is 2. The van der Waals surface area contributed by atoms with Gasteiger partial charge in [0.05, 0.1) is 11.6 Å². The summed E-state index contributed by atoms with van der Waals surface area (Å²) in [7, 11) is 0. The molecule has 1 atom stereocenters. The minimum absolute atomic E-state index is 0.301. The number of amides is 1. The number of anilines is 1. The van der Waals surface area contributed by atoms with Gasteiger partial charge < -0.3 is 14.4 Å². The Hall–Kier alpha value is -3.33. The second-order valence-electron chi connectivity index (χ2n) is 5.47. The van der Waals surface area contributed by atoms with Gasteiger partial charge in [0.15, 0.2) is 12.7 Å². The fourth-order valence-electron chi connectivity index (χ4n) is 2.34. The first-order chi connectivity index (χ1) is 12.5. The van der Waals surface area contributed by atoms with Crippen LogP contribution in [0, 0.1) is 11.3 Å². The molecule has 134 valence electrons. The lowest BCUT2D eigenvalue weighted by atomic mass is 10.2. The van der Waals surface area contributed by atoms with Crippen molar-refractivity contribution in [3.63, 3.8) is 0 Å². The minimum atomic E-state index is -0.924. The lowest BCUT2D eigenvalue weighted by Crippen LogP contribution is -2.40. The van der Waals surface area contributed by atoms with E-state index >= 15 is 0 Å². The Balaban J connectivity index is 1.89. The van der Waals surface area contributed by atoms with Gasteiger partial charge in [0.1, 0.15) is 5.75 Å². The van der Waals surface area contributed by atoms with Crippen LogP contribution in [0.15, 0.2) is 54.6 Å². The van der Waals surface area contributed by atoms with E-state index in [9.17, 15) is 9.59 Å². The van der Waals surface area contributed by atoms with Crippen LogP contribution in [0.25, 0.3) is 0 Å². The first-order valence-corrected chi connectivity index (χ1v) is 8.24. The number of carbonyl (C=O) groups excluding carboxylic acids is 2. The SMILES string of the molecule is CCN(C(=O)[C@@H](C)OC(=O)COc1ccc(C#N)cc1)c1ccccc1. The number of esters is 1. The average Bonchev–Trinajstić information content (AvgIpc) is 2.68. The van der Waals surface area contributed by atoms with Crippen LogP contribution in [0.2, 0.25) is 0 Å². The van der Waals surface area contributed by atoms with E-state index in [1.165, 1.54) is 6.92 Å². The van der Waals surface area contributed by atoms with Crippen molar-refractivity contribution in [2.24, 2.45) is 0 Å². The molecule has 0 aromatic heterocycles. The lowest BCUT2D eigenvalue weighted by Gasteiger charge is -2.24. The molecule has 0 aliphatic heterocycles. The molecule has 6 heteroatoms. The van der Waals surface area contributed by atoms with Gasteiger partial charge in [-0.15, -0.1) is 0 Å². The van der Waals surface area contributed by atoms with Gasteiger partial charge in [0.2, 0.25) is 0 Å². The topological polar surface area (TPSA) is 79.6 Å². The van der Waals surface area contributed by atoms with Crippen molar-refractivity contribution in [2.45, 2.75) is 20.0 Å². The highest BCUT2D eigenvalue weighted by Gasteiger charge is 2.24. The molecule has 0 radical (unpaired) electrons. The Morgan fingerprint density at radius 2 is 1.77 bits per heavy atom. The molecule has 6 nitrogen and oxygen atoms in total. The molecule has 0 unspecified atom stereocenters. The molecule has 2 aromatic rings. The average molecular weight is 352 g/mol. The summed E-state index contributed by atoms with van der Waals surface area (Å²) in [4.78, 5) is 26.0. The van der Waals surface area contributed by atoms with Gasteiger partial charge in [0.25, 0.3) is 5.91 Å². The molecule has 0 aliphatic carbocycles. The second-order valence-corrected chi connectivity index (χ2v) is 5.47. The quantitative estimate of drug-likeness (QED) is 0.716. The summed E-state index contributed by atoms with van der Waals surface area (Å²) >= 11 is 0. The summed E-state index contributed by atoms with van der Waals surface area (Å²) in [5.74, 6) is -0.496. The second kappa shape index (κ2) is 9.23. The summed E-state index contributed by atoms with van der Waals surface area (Å²) in [6.07, 6.45) is -0.924. The number of hydrogen-bond donors (Lipinski definition) is 0. The third kappa shape index (κ3) is 5.08. The van der Waals surface area contributed by atoms with Gasteiger partial charge in [-0.1, -0.05) is 18.2 Å². The monoisotopic (exact) mass is 352 g/mol. The van der Waals surface area contributed by atoms with Crippen LogP contribution in [0.3, 0.4) is 0 Å². The van der Waals surface area contributed by atoms with Gasteiger partial charge in [-0.05, 0) is 50.2 Å². The van der Waals surface area contributed by atoms with Crippen molar-refractivity contribution in [2.75, 3.05) is 18.1 Å². The van der Waals surface area contributed by atoms with Crippen molar-refractivity contribution >= 4 is 17.6 Å². The maximum absolute atomic E-state index is 12.5. The van der Waals surface area contributed by atoms with Crippen molar-refractivity contribution in [3.8, 4) is 11.8 Å². The van der Waals surface area contributed by atoms with Crippen LogP contribution < -0.4 is 9.64 Å². The van der Waals surface area contributed by atoms with Crippen molar-refractivity contribution in [1.82, 2.24) is 0 Å². The lowest BCUT2D eigenvalue weighted by molar-refractivity contribution is -0.155. The third-order valence-electron chi connectivity index (χ3n) is 3.65. The summed E-state index contributed by atoms with van der Waals surface area (Å²) in [5, 5.41) is 8.74. The fourth-order valence-corrected chi connectivity index (χ4v) is 2.34. The van der Waals surface area contributed by atoms with E-state index in [2.05, 4.69) is 0 Å². The molecule has 0 saturated carbocycles. The highest BCUT2D eigenvalue weighted by atomic mass is 16.6. The predicted molar refractivity (Wildman–Crippen MR) is 96.7 cm³/mol. The molecule has 0 fully saturated rings. The number of nitrogens with zero attached hydrogens (tertiary/aromatic N) is 2. The largest absolute Gasteiger partial charge is 0.482 e. The Morgan fingerprint density at radius 3 is 2.35 bits per heavy atom. The maximum atomic E-state index is 12.5. The Morgan fingerprint density at radius 1 is 1.12 bits per heavy atom. The van der Waals surface area contributed by atoms with Crippen molar-refractivity contribution in [1.29, 1.82) is 5.26 Å². The first-order valence-electron chi connectivity index (χ1n) is 8.24. The smallest absolute Gasteiger partial charge is 0.344 e. The molecule has 0 spiro atoms. The molecule has 0 bridgehead atoms. The van der Waals surface area contributed by atoms with Gasteiger partial charge in [0, 0.05) is 12.2 Å². The van der Waals surface area contributed by atoms with E-state index in [1.54, 1.807) is 29.2 Å². The zero-order chi connectivity index (χ0) is 18.9. The first kappa shape index (κ1) is 19.0. The maximum Gasteiger partial charge on any atom is 0.344 e. The van der Waals surface area contributed by atoms with Crippen LogP contribution in [0.5, 0.6) is 5.75 Å². The molecule has 2 rings (SSSR count). The highest BCUT2D eigenvalue weighted by molar-refractivity contribution is 5.97. The molecule has 0 aliphatic rings. The number of ether oxygens (including phenoxy) is 2. The Labute approximate surface area is 152 Å². The van der Waals surface area contributed by atoms with Crippen LogP contribution in [0.1, 0.15) is 19.4 Å². The molecule has 26 heavy (non-hydrogen) atoms. The number of rotatable bonds is 7. The molecule has 0 N–H and O–H groups in total. The molecule has 0 heterocycles. The zero-order valence-electron chi connectivity index (χ0n) is 14.7. The van der Waals surface area contributed by atoms with E-state index in [-0.39, 0.29) is 12.5 Å². The molecule has 1 amide bonds. The number of likely N-dealkylation sites (N-methyl/N-ethyl adjacent to an activating group) is 1. The number of hydrogen-bond acceptors (Lipinski definition) is 5. The Bertz CT molecular complexity index is 782. The third-order valence-corrected chi connectivity index (χ3v) is 3.65. The standard InChI is InChI=1S/C20H20N2O4/c1-3-22(17-7-5-4-6-8-17)20(24)15(2)26-19(23)14-25-18-11-9-16(13-21)10-12-18/h4-12,15H,3,14H2,1-2H3/t15-/m1/s1. The van der Waals surface area contributed by atoms with Crippen LogP contribution in [0.4, 0.5) is 5.69 Å². The fraction of sp³-hybridized carbons (Fsp3) is 0.250. The van der Waals surface area contributed by atoms with Gasteiger partial charge >= 0.3 is 5.97 Å². The number of carbonyl (C=O) groups is 2. The van der Waals surface area contributed by atoms with E-state index in [0.29, 0.717) is 17.9 Å². The molecular weight excluding hydrogens is 332 g/mol. The normalized spacial score (nSPS) is 11.1. The summed E-state index contributed by atoms with van der Waals surface area (Å²) in [5.41, 5.74) is 1.25. The summed E-state index contributed by atoms with van der Waals surface area (Å²) < 4.78 is 10.5. The van der Waals surface area contributed by atoms with Crippen LogP contribution in [-0.4, -0.2) is 31.1 Å². The number of nitriles is 1. The van der Waals surface area contributed by atoms with E-state index in [4.69, 9.17) is 14.7 Å².